The van der Waals surface area contributed by atoms with E-state index in [1.165, 1.54) is 10.8 Å². The molecule has 0 aliphatic rings. The summed E-state index contributed by atoms with van der Waals surface area (Å²) in [6.45, 7) is 1.96. The van der Waals surface area contributed by atoms with Gasteiger partial charge in [-0.25, -0.2) is 4.79 Å². The van der Waals surface area contributed by atoms with Crippen LogP contribution in [0.2, 0.25) is 0 Å². The summed E-state index contributed by atoms with van der Waals surface area (Å²) >= 11 is 0. The molecule has 0 aromatic carbocycles. The lowest BCUT2D eigenvalue weighted by atomic mass is 10.3. The van der Waals surface area contributed by atoms with Crippen LogP contribution in [0.15, 0.2) is 29.3 Å². The van der Waals surface area contributed by atoms with Crippen LogP contribution < -0.4 is 10.1 Å². The van der Waals surface area contributed by atoms with Crippen LogP contribution in [-0.4, -0.2) is 4.98 Å². The van der Waals surface area contributed by atoms with Crippen LogP contribution in [0.3, 0.4) is 0 Å². The third-order valence-electron chi connectivity index (χ3n) is 1.55. The summed E-state index contributed by atoms with van der Waals surface area (Å²) in [4.78, 5) is 14.7. The molecule has 0 fully saturated rings. The molecule has 0 atom stereocenters. The monoisotopic (exact) mass is 147 g/mol. The van der Waals surface area contributed by atoms with E-state index in [0.29, 0.717) is 5.82 Å². The van der Waals surface area contributed by atoms with Gasteiger partial charge >= 0.3 is 11.4 Å². The molecular weight excluding hydrogens is 140 g/mol. The Morgan fingerprint density at radius 3 is 2.64 bits per heavy atom. The van der Waals surface area contributed by atoms with Gasteiger partial charge in [-0.05, 0) is 23.5 Å². The average Bonchev–Trinajstić information content (AvgIpc) is 2.69. The van der Waals surface area contributed by atoms with Crippen LogP contribution in [0.1, 0.15) is 5.56 Å². The van der Waals surface area contributed by atoms with Crippen molar-refractivity contribution in [2.75, 3.05) is 0 Å². The van der Waals surface area contributed by atoms with Crippen molar-refractivity contribution in [3.63, 3.8) is 0 Å². The van der Waals surface area contributed by atoms with Crippen molar-refractivity contribution in [2.24, 2.45) is 0 Å². The fraction of sp³-hybridized carbons (Fsp3) is 0.125. The molecule has 2 aromatic rings. The molecule has 0 saturated heterocycles. The Morgan fingerprint density at radius 2 is 2.18 bits per heavy atom. The van der Waals surface area contributed by atoms with Gasteiger partial charge in [-0.2, -0.15) is 4.57 Å². The van der Waals surface area contributed by atoms with Crippen molar-refractivity contribution < 1.29 is 4.57 Å². The number of aromatic nitrogens is 2. The zero-order chi connectivity index (χ0) is 7.84. The highest BCUT2D eigenvalue weighted by Crippen LogP contribution is 1.96. The highest BCUT2D eigenvalue weighted by molar-refractivity contribution is 5.16. The first kappa shape index (κ1) is 6.22. The van der Waals surface area contributed by atoms with Crippen molar-refractivity contribution >= 4 is 0 Å². The van der Waals surface area contributed by atoms with Crippen molar-refractivity contribution in [2.45, 2.75) is 6.92 Å². The predicted molar refractivity (Wildman–Crippen MR) is 39.1 cm³/mol. The number of hydrogen-bond donors (Lipinski definition) is 0. The first-order valence-electron chi connectivity index (χ1n) is 3.38. The summed E-state index contributed by atoms with van der Waals surface area (Å²) in [6.07, 6.45) is 3.26. The zero-order valence-corrected chi connectivity index (χ0v) is 6.11. The van der Waals surface area contributed by atoms with Crippen molar-refractivity contribution in [3.8, 4) is 5.82 Å². The molecule has 3 nitrogen and oxygen atoms in total. The van der Waals surface area contributed by atoms with Gasteiger partial charge < -0.3 is 0 Å². The van der Waals surface area contributed by atoms with Crippen LogP contribution in [0.5, 0.6) is 0 Å². The van der Waals surface area contributed by atoms with E-state index < -0.39 is 0 Å². The number of aryl methyl sites for hydroxylation is 1. The summed E-state index contributed by atoms with van der Waals surface area (Å²) in [5.41, 5.74) is 1.13. The van der Waals surface area contributed by atoms with Gasteiger partial charge in [0.05, 0.1) is 0 Å². The summed E-state index contributed by atoms with van der Waals surface area (Å²) in [7, 11) is 0. The van der Waals surface area contributed by atoms with Crippen molar-refractivity contribution in [3.05, 3.63) is 40.4 Å². The van der Waals surface area contributed by atoms with Crippen molar-refractivity contribution in [1.82, 2.24) is 4.98 Å². The van der Waals surface area contributed by atoms with E-state index in [2.05, 4.69) is 4.98 Å². The molecule has 0 spiro atoms. The Balaban J connectivity index is 2.43. The maximum absolute atomic E-state index is 10.6. The Morgan fingerprint density at radius 1 is 1.45 bits per heavy atom. The van der Waals surface area contributed by atoms with E-state index in [1.54, 1.807) is 6.20 Å². The fourth-order valence-corrected chi connectivity index (χ4v) is 0.863. The van der Waals surface area contributed by atoms with E-state index in [-0.39, 0.29) is 5.56 Å². The molecule has 2 rings (SSSR count). The molecule has 0 bridgehead atoms. The second-order valence-corrected chi connectivity index (χ2v) is 2.53. The van der Waals surface area contributed by atoms with Gasteiger partial charge in [-0.3, -0.25) is 0 Å². The highest BCUT2D eigenvalue weighted by atomic mass is 16.1. The van der Waals surface area contributed by atoms with E-state index >= 15 is 0 Å². The standard InChI is InChI=1S/C8H7N2O/c1-6-2-3-7(9-4-6)10-5-8(10)11/h2-5H,1H3/q+1. The predicted octanol–water partition coefficient (Wildman–Crippen LogP) is -0.0975. The fourth-order valence-electron chi connectivity index (χ4n) is 0.863. The summed E-state index contributed by atoms with van der Waals surface area (Å²) in [5, 5.41) is 0. The Labute approximate surface area is 63.6 Å². The molecule has 3 heteroatoms. The van der Waals surface area contributed by atoms with Crippen LogP contribution >= 0.6 is 0 Å². The van der Waals surface area contributed by atoms with Crippen LogP contribution in [0.4, 0.5) is 0 Å². The maximum Gasteiger partial charge on any atom is 0.378 e. The Bertz CT molecular complexity index is 382. The topological polar surface area (TPSA) is 33.8 Å². The molecule has 0 saturated carbocycles. The molecule has 11 heavy (non-hydrogen) atoms. The Kier molecular flexibility index (Phi) is 1.12. The maximum atomic E-state index is 10.6. The van der Waals surface area contributed by atoms with Gasteiger partial charge in [-0.15, -0.1) is 0 Å². The second-order valence-electron chi connectivity index (χ2n) is 2.53. The van der Waals surface area contributed by atoms with Gasteiger partial charge in [-0.1, -0.05) is 0 Å². The first-order chi connectivity index (χ1) is 5.27. The van der Waals surface area contributed by atoms with Gasteiger partial charge in [0.25, 0.3) is 0 Å². The molecule has 0 unspecified atom stereocenters. The minimum absolute atomic E-state index is 0.0290. The largest absolute Gasteiger partial charge is 0.378 e. The van der Waals surface area contributed by atoms with Crippen LogP contribution in [0.25, 0.3) is 5.82 Å². The molecule has 0 aliphatic heterocycles. The van der Waals surface area contributed by atoms with Gasteiger partial charge in [0.2, 0.25) is 0 Å². The zero-order valence-electron chi connectivity index (χ0n) is 6.11. The number of nitrogens with zero attached hydrogens (tertiary/aromatic N) is 2. The minimum Gasteiger partial charge on any atom is -0.237 e. The lowest BCUT2D eigenvalue weighted by Crippen LogP contribution is -2.26. The number of pyridine rings is 1. The van der Waals surface area contributed by atoms with Gasteiger partial charge in [0.15, 0.2) is 6.20 Å². The average molecular weight is 147 g/mol. The minimum atomic E-state index is 0.0290. The van der Waals surface area contributed by atoms with E-state index in [0.717, 1.165) is 5.56 Å². The van der Waals surface area contributed by atoms with E-state index in [4.69, 9.17) is 0 Å². The smallest absolute Gasteiger partial charge is 0.237 e. The molecule has 0 N–H and O–H groups in total. The van der Waals surface area contributed by atoms with Gasteiger partial charge in [0.1, 0.15) is 6.20 Å². The first-order valence-corrected chi connectivity index (χ1v) is 3.38. The lowest BCUT2D eigenvalue weighted by molar-refractivity contribution is -0.544. The second kappa shape index (κ2) is 1.99. The number of rotatable bonds is 1. The number of hydrogen-bond acceptors (Lipinski definition) is 2. The van der Waals surface area contributed by atoms with Gasteiger partial charge in [0, 0.05) is 6.07 Å². The molecule has 2 aromatic heterocycles. The van der Waals surface area contributed by atoms with Crippen molar-refractivity contribution in [1.29, 1.82) is 0 Å². The summed E-state index contributed by atoms with van der Waals surface area (Å²) in [6, 6.07) is 3.76. The van der Waals surface area contributed by atoms with E-state index in [1.807, 2.05) is 19.1 Å². The molecule has 0 radical (unpaired) electrons. The van der Waals surface area contributed by atoms with Crippen LogP contribution in [-0.2, 0) is 0 Å². The summed E-state index contributed by atoms with van der Waals surface area (Å²) in [5.74, 6) is 0.709. The summed E-state index contributed by atoms with van der Waals surface area (Å²) < 4.78 is 1.51. The molecule has 0 aliphatic carbocycles. The normalized spacial score (nSPS) is 10.6. The third-order valence-corrected chi connectivity index (χ3v) is 1.55. The lowest BCUT2D eigenvalue weighted by Gasteiger charge is -1.83. The molecular formula is C8H7N2O+. The quantitative estimate of drug-likeness (QED) is 0.528. The van der Waals surface area contributed by atoms with Crippen LogP contribution in [0, 0.1) is 6.92 Å². The Hall–Kier alpha value is -1.51. The molecule has 2 heterocycles. The molecule has 54 valence electrons. The highest BCUT2D eigenvalue weighted by Gasteiger charge is 2.18. The third kappa shape index (κ3) is 1.05. The molecule has 0 amide bonds. The van der Waals surface area contributed by atoms with E-state index in [9.17, 15) is 4.79 Å². The SMILES string of the molecule is Cc1ccc(-[n+]2cc2=O)nc1.